The van der Waals surface area contributed by atoms with Crippen molar-refractivity contribution in [1.82, 2.24) is 0 Å². The fourth-order valence-corrected chi connectivity index (χ4v) is 2.30. The van der Waals surface area contributed by atoms with Gasteiger partial charge in [0.05, 0.1) is 16.1 Å². The number of rotatable bonds is 4. The van der Waals surface area contributed by atoms with E-state index in [4.69, 9.17) is 23.2 Å². The summed E-state index contributed by atoms with van der Waals surface area (Å²) in [7, 11) is -3.64. The number of benzene rings is 1. The monoisotopic (exact) mass is 333 g/mol. The zero-order valence-electron chi connectivity index (χ0n) is 11.1. The van der Waals surface area contributed by atoms with Gasteiger partial charge in [-0.1, -0.05) is 29.3 Å². The zero-order valence-corrected chi connectivity index (χ0v) is 13.5. The summed E-state index contributed by atoms with van der Waals surface area (Å²) < 4.78 is 21.7. The van der Waals surface area contributed by atoms with Crippen LogP contribution in [0.5, 0.6) is 0 Å². The maximum atomic E-state index is 12.4. The Hall–Kier alpha value is -1.09. The standard InChI is InChI=1S/C13H13Cl2NO3S/c1-13(2,20(3,18)19)12(17)9(7-16)8-4-5-10(14)11(15)6-8/h4-6,9H,1-3H3. The van der Waals surface area contributed by atoms with Gasteiger partial charge >= 0.3 is 0 Å². The maximum absolute atomic E-state index is 12.4. The molecule has 20 heavy (non-hydrogen) atoms. The molecule has 1 rings (SSSR count). The van der Waals surface area contributed by atoms with Gasteiger partial charge in [-0.05, 0) is 31.5 Å². The summed E-state index contributed by atoms with van der Waals surface area (Å²) >= 11 is 11.6. The molecule has 0 saturated heterocycles. The van der Waals surface area contributed by atoms with E-state index in [0.29, 0.717) is 10.6 Å². The summed E-state index contributed by atoms with van der Waals surface area (Å²) in [6, 6.07) is 6.17. The van der Waals surface area contributed by atoms with E-state index in [1.807, 2.05) is 6.07 Å². The van der Waals surface area contributed by atoms with E-state index in [1.165, 1.54) is 32.0 Å². The first-order chi connectivity index (χ1) is 9.02. The second-order valence-corrected chi connectivity index (χ2v) is 8.26. The van der Waals surface area contributed by atoms with Crippen LogP contribution in [0, 0.1) is 11.3 Å². The van der Waals surface area contributed by atoms with E-state index in [0.717, 1.165) is 6.26 Å². The average molecular weight is 334 g/mol. The van der Waals surface area contributed by atoms with Crippen molar-refractivity contribution in [2.24, 2.45) is 0 Å². The molecule has 0 saturated carbocycles. The fraction of sp³-hybridized carbons (Fsp3) is 0.385. The predicted octanol–water partition coefficient (Wildman–Crippen LogP) is 2.99. The Bertz CT molecular complexity index is 690. The van der Waals surface area contributed by atoms with Gasteiger partial charge in [-0.25, -0.2) is 8.42 Å². The Balaban J connectivity index is 3.31. The van der Waals surface area contributed by atoms with Gasteiger partial charge in [-0.2, -0.15) is 5.26 Å². The lowest BCUT2D eigenvalue weighted by Gasteiger charge is -2.23. The molecule has 1 unspecified atom stereocenters. The van der Waals surface area contributed by atoms with Gasteiger partial charge in [-0.15, -0.1) is 0 Å². The number of nitrogens with zero attached hydrogens (tertiary/aromatic N) is 1. The normalized spacial score (nSPS) is 13.6. The zero-order chi connectivity index (χ0) is 15.7. The Morgan fingerprint density at radius 3 is 2.25 bits per heavy atom. The van der Waals surface area contributed by atoms with E-state index in [9.17, 15) is 18.5 Å². The Morgan fingerprint density at radius 1 is 1.30 bits per heavy atom. The van der Waals surface area contributed by atoms with Gasteiger partial charge in [0, 0.05) is 6.26 Å². The number of Topliss-reactive ketones (excluding diaryl/α,β-unsaturated/α-hetero) is 1. The molecular weight excluding hydrogens is 321 g/mol. The molecule has 0 amide bonds. The molecule has 0 spiro atoms. The first-order valence-electron chi connectivity index (χ1n) is 5.61. The van der Waals surface area contributed by atoms with Crippen LogP contribution in [0.4, 0.5) is 0 Å². The fourth-order valence-electron chi connectivity index (χ4n) is 1.51. The summed E-state index contributed by atoms with van der Waals surface area (Å²) in [5.41, 5.74) is 0.323. The highest BCUT2D eigenvalue weighted by atomic mass is 35.5. The largest absolute Gasteiger partial charge is 0.296 e. The van der Waals surface area contributed by atoms with E-state index < -0.39 is 26.3 Å². The molecule has 1 aromatic rings. The van der Waals surface area contributed by atoms with Crippen LogP contribution in [-0.2, 0) is 14.6 Å². The molecule has 0 fully saturated rings. The summed E-state index contributed by atoms with van der Waals surface area (Å²) in [5.74, 6) is -1.91. The lowest BCUT2D eigenvalue weighted by molar-refractivity contribution is -0.121. The van der Waals surface area contributed by atoms with Crippen molar-refractivity contribution in [3.05, 3.63) is 33.8 Å². The quantitative estimate of drug-likeness (QED) is 0.848. The van der Waals surface area contributed by atoms with E-state index in [2.05, 4.69) is 0 Å². The summed E-state index contributed by atoms with van der Waals surface area (Å²) in [5, 5.41) is 9.69. The van der Waals surface area contributed by atoms with Crippen LogP contribution in [0.15, 0.2) is 18.2 Å². The first kappa shape index (κ1) is 17.0. The SMILES string of the molecule is CC(C)(C(=O)C(C#N)c1ccc(Cl)c(Cl)c1)S(C)(=O)=O. The van der Waals surface area contributed by atoms with Crippen molar-refractivity contribution in [1.29, 1.82) is 5.26 Å². The predicted molar refractivity (Wildman–Crippen MR) is 78.7 cm³/mol. The van der Waals surface area contributed by atoms with Gasteiger partial charge in [0.15, 0.2) is 15.6 Å². The minimum Gasteiger partial charge on any atom is -0.296 e. The number of carbonyl (C=O) groups is 1. The van der Waals surface area contributed by atoms with Gasteiger partial charge in [0.25, 0.3) is 0 Å². The third-order valence-corrected chi connectivity index (χ3v) is 5.98. The van der Waals surface area contributed by atoms with Gasteiger partial charge in [-0.3, -0.25) is 4.79 Å². The molecule has 7 heteroatoms. The number of carbonyl (C=O) groups excluding carboxylic acids is 1. The van der Waals surface area contributed by atoms with E-state index in [1.54, 1.807) is 0 Å². The Kier molecular flexibility index (Phi) is 4.86. The molecule has 0 radical (unpaired) electrons. The molecule has 1 atom stereocenters. The topological polar surface area (TPSA) is 75.0 Å². The van der Waals surface area contributed by atoms with Gasteiger partial charge < -0.3 is 0 Å². The maximum Gasteiger partial charge on any atom is 0.175 e. The van der Waals surface area contributed by atoms with Crippen LogP contribution in [0.25, 0.3) is 0 Å². The number of sulfone groups is 1. The van der Waals surface area contributed by atoms with Crippen molar-refractivity contribution in [2.75, 3.05) is 6.26 Å². The Morgan fingerprint density at radius 2 is 1.85 bits per heavy atom. The van der Waals surface area contributed by atoms with Crippen molar-refractivity contribution in [3.63, 3.8) is 0 Å². The number of halogens is 2. The van der Waals surface area contributed by atoms with Gasteiger partial charge in [0.1, 0.15) is 10.7 Å². The molecule has 0 N–H and O–H groups in total. The summed E-state index contributed by atoms with van der Waals surface area (Å²) in [6.45, 7) is 2.57. The van der Waals surface area contributed by atoms with E-state index in [-0.39, 0.29) is 5.02 Å². The second-order valence-electron chi connectivity index (χ2n) is 4.88. The molecule has 0 bridgehead atoms. The highest BCUT2D eigenvalue weighted by Crippen LogP contribution is 2.31. The number of hydrogen-bond acceptors (Lipinski definition) is 4. The summed E-state index contributed by atoms with van der Waals surface area (Å²) in [6.07, 6.45) is 0.966. The van der Waals surface area contributed by atoms with Crippen LogP contribution in [0.3, 0.4) is 0 Å². The van der Waals surface area contributed by atoms with Gasteiger partial charge in [0.2, 0.25) is 0 Å². The molecule has 0 aliphatic heterocycles. The van der Waals surface area contributed by atoms with Crippen molar-refractivity contribution in [3.8, 4) is 6.07 Å². The van der Waals surface area contributed by atoms with Crippen LogP contribution < -0.4 is 0 Å². The summed E-state index contributed by atoms with van der Waals surface area (Å²) in [4.78, 5) is 12.4. The van der Waals surface area contributed by atoms with E-state index >= 15 is 0 Å². The first-order valence-corrected chi connectivity index (χ1v) is 8.25. The smallest absolute Gasteiger partial charge is 0.175 e. The number of nitriles is 1. The lowest BCUT2D eigenvalue weighted by Crippen LogP contribution is -2.42. The third kappa shape index (κ3) is 3.14. The molecule has 108 valence electrons. The van der Waals surface area contributed by atoms with Crippen LogP contribution >= 0.6 is 23.2 Å². The minimum atomic E-state index is -3.64. The van der Waals surface area contributed by atoms with Crippen molar-refractivity contribution >= 4 is 38.8 Å². The highest BCUT2D eigenvalue weighted by Gasteiger charge is 2.42. The second kappa shape index (κ2) is 5.72. The van der Waals surface area contributed by atoms with Crippen molar-refractivity contribution in [2.45, 2.75) is 24.5 Å². The Labute approximate surface area is 128 Å². The number of hydrogen-bond donors (Lipinski definition) is 0. The molecule has 0 aliphatic carbocycles. The molecule has 0 aromatic heterocycles. The third-order valence-electron chi connectivity index (χ3n) is 3.19. The minimum absolute atomic E-state index is 0.203. The molecule has 4 nitrogen and oxygen atoms in total. The average Bonchev–Trinajstić information content (AvgIpc) is 2.33. The molecule has 1 aromatic carbocycles. The molecule has 0 aliphatic rings. The van der Waals surface area contributed by atoms with Crippen LogP contribution in [0.2, 0.25) is 10.0 Å². The molecular formula is C13H13Cl2NO3S. The van der Waals surface area contributed by atoms with Crippen molar-refractivity contribution < 1.29 is 13.2 Å². The number of ketones is 1. The van der Waals surface area contributed by atoms with Crippen LogP contribution in [-0.4, -0.2) is 25.2 Å². The lowest BCUT2D eigenvalue weighted by atomic mass is 9.89. The molecule has 0 heterocycles. The van der Waals surface area contributed by atoms with Crippen LogP contribution in [0.1, 0.15) is 25.3 Å². The highest BCUT2D eigenvalue weighted by molar-refractivity contribution is 7.92.